The number of carbonyl (C=O) groups excluding carboxylic acids is 1. The molecule has 0 aromatic heterocycles. The lowest BCUT2D eigenvalue weighted by atomic mass is 10.1. The topological polar surface area (TPSA) is 66.5 Å². The summed E-state index contributed by atoms with van der Waals surface area (Å²) in [6.07, 6.45) is 0. The molecular weight excluding hydrogens is 336 g/mol. The number of fused-ring (bicyclic) bond motifs is 1. The van der Waals surface area contributed by atoms with Gasteiger partial charge in [0.2, 0.25) is 0 Å². The zero-order chi connectivity index (χ0) is 18.0. The molecule has 0 heterocycles. The molecule has 25 heavy (non-hydrogen) atoms. The maximum absolute atomic E-state index is 12.8. The van der Waals surface area contributed by atoms with Crippen LogP contribution in [-0.4, -0.2) is 28.4 Å². The van der Waals surface area contributed by atoms with Crippen molar-refractivity contribution < 1.29 is 13.2 Å². The van der Waals surface area contributed by atoms with Crippen molar-refractivity contribution in [1.82, 2.24) is 5.32 Å². The lowest BCUT2D eigenvalue weighted by molar-refractivity contribution is 0.0963. The fourth-order valence-electron chi connectivity index (χ4n) is 2.59. The number of sulfonamides is 1. The van der Waals surface area contributed by atoms with Gasteiger partial charge in [0.15, 0.2) is 0 Å². The van der Waals surface area contributed by atoms with Gasteiger partial charge in [0.05, 0.1) is 10.6 Å². The number of nitrogens with one attached hydrogen (secondary N) is 1. The number of carbonyl (C=O) groups is 1. The highest BCUT2D eigenvalue weighted by atomic mass is 32.2. The van der Waals surface area contributed by atoms with E-state index in [1.807, 2.05) is 36.4 Å². The SMILES string of the molecule is CNC(=O)c1ccc(S(=O)(=O)N(C)c2ccc3ccccc3c2)cc1. The molecule has 0 atom stereocenters. The van der Waals surface area contributed by atoms with Gasteiger partial charge in [0.1, 0.15) is 0 Å². The van der Waals surface area contributed by atoms with Crippen molar-refractivity contribution in [3.63, 3.8) is 0 Å². The standard InChI is InChI=1S/C19H18N2O3S/c1-20-19(22)15-8-11-18(12-9-15)25(23,24)21(2)17-10-7-14-5-3-4-6-16(14)13-17/h3-13H,1-2H3,(H,20,22). The fourth-order valence-corrected chi connectivity index (χ4v) is 3.78. The highest BCUT2D eigenvalue weighted by Gasteiger charge is 2.21. The normalized spacial score (nSPS) is 11.3. The van der Waals surface area contributed by atoms with E-state index in [-0.39, 0.29) is 10.8 Å². The summed E-state index contributed by atoms with van der Waals surface area (Å²) >= 11 is 0. The van der Waals surface area contributed by atoms with E-state index in [2.05, 4.69) is 5.32 Å². The fraction of sp³-hybridized carbons (Fsp3) is 0.105. The number of rotatable bonds is 4. The predicted molar refractivity (Wildman–Crippen MR) is 99.4 cm³/mol. The Morgan fingerprint density at radius 3 is 2.20 bits per heavy atom. The van der Waals surface area contributed by atoms with Gasteiger partial charge in [-0.15, -0.1) is 0 Å². The van der Waals surface area contributed by atoms with Crippen molar-refractivity contribution >= 4 is 32.4 Å². The molecule has 0 unspecified atom stereocenters. The minimum Gasteiger partial charge on any atom is -0.355 e. The van der Waals surface area contributed by atoms with Gasteiger partial charge in [-0.25, -0.2) is 8.42 Å². The lowest BCUT2D eigenvalue weighted by Gasteiger charge is -2.20. The summed E-state index contributed by atoms with van der Waals surface area (Å²) in [5, 5.41) is 4.52. The van der Waals surface area contributed by atoms with Crippen LogP contribution in [0.1, 0.15) is 10.4 Å². The van der Waals surface area contributed by atoms with Crippen LogP contribution in [0.3, 0.4) is 0 Å². The van der Waals surface area contributed by atoms with Crippen molar-refractivity contribution in [3.8, 4) is 0 Å². The van der Waals surface area contributed by atoms with Crippen LogP contribution in [0.5, 0.6) is 0 Å². The maximum Gasteiger partial charge on any atom is 0.264 e. The van der Waals surface area contributed by atoms with Gasteiger partial charge >= 0.3 is 0 Å². The van der Waals surface area contributed by atoms with Crippen molar-refractivity contribution in [3.05, 3.63) is 72.3 Å². The van der Waals surface area contributed by atoms with Gasteiger partial charge in [-0.2, -0.15) is 0 Å². The van der Waals surface area contributed by atoms with Gasteiger partial charge in [-0.05, 0) is 47.2 Å². The largest absolute Gasteiger partial charge is 0.355 e. The molecule has 0 saturated carbocycles. The molecule has 128 valence electrons. The van der Waals surface area contributed by atoms with Crippen molar-refractivity contribution in [2.75, 3.05) is 18.4 Å². The predicted octanol–water partition coefficient (Wildman–Crippen LogP) is 3.02. The summed E-state index contributed by atoms with van der Waals surface area (Å²) in [6, 6.07) is 19.2. The van der Waals surface area contributed by atoms with Gasteiger partial charge in [0, 0.05) is 19.7 Å². The molecule has 3 aromatic rings. The third-order valence-electron chi connectivity index (χ3n) is 4.10. The summed E-state index contributed by atoms with van der Waals surface area (Å²) in [7, 11) is -0.660. The Bertz CT molecular complexity index is 1030. The summed E-state index contributed by atoms with van der Waals surface area (Å²) in [4.78, 5) is 11.7. The van der Waals surface area contributed by atoms with Gasteiger partial charge in [0.25, 0.3) is 15.9 Å². The first kappa shape index (κ1) is 17.0. The number of benzene rings is 3. The first-order valence-corrected chi connectivity index (χ1v) is 9.17. The molecular formula is C19H18N2O3S. The molecule has 0 aliphatic heterocycles. The van der Waals surface area contributed by atoms with E-state index >= 15 is 0 Å². The van der Waals surface area contributed by atoms with E-state index in [0.717, 1.165) is 10.8 Å². The summed E-state index contributed by atoms with van der Waals surface area (Å²) in [6.45, 7) is 0. The first-order valence-electron chi connectivity index (χ1n) is 7.73. The molecule has 1 N–H and O–H groups in total. The summed E-state index contributed by atoms with van der Waals surface area (Å²) in [5.74, 6) is -0.258. The highest BCUT2D eigenvalue weighted by Crippen LogP contribution is 2.26. The number of amides is 1. The smallest absolute Gasteiger partial charge is 0.264 e. The minimum absolute atomic E-state index is 0.135. The molecule has 3 aromatic carbocycles. The van der Waals surface area contributed by atoms with E-state index in [1.54, 1.807) is 6.07 Å². The number of anilines is 1. The van der Waals surface area contributed by atoms with Crippen LogP contribution < -0.4 is 9.62 Å². The van der Waals surface area contributed by atoms with Crippen LogP contribution in [0, 0.1) is 0 Å². The number of hydrogen-bond acceptors (Lipinski definition) is 3. The molecule has 3 rings (SSSR count). The Kier molecular flexibility index (Phi) is 4.46. The maximum atomic E-state index is 12.8. The third kappa shape index (κ3) is 3.21. The van der Waals surface area contributed by atoms with Crippen LogP contribution in [0.25, 0.3) is 10.8 Å². The Morgan fingerprint density at radius 2 is 1.56 bits per heavy atom. The molecule has 0 fully saturated rings. The van der Waals surface area contributed by atoms with Crippen LogP contribution in [0.15, 0.2) is 71.6 Å². The third-order valence-corrected chi connectivity index (χ3v) is 5.90. The van der Waals surface area contributed by atoms with Crippen molar-refractivity contribution in [2.24, 2.45) is 0 Å². The Labute approximate surface area is 146 Å². The zero-order valence-corrected chi connectivity index (χ0v) is 14.7. The quantitative estimate of drug-likeness (QED) is 0.783. The van der Waals surface area contributed by atoms with Gasteiger partial charge in [-0.1, -0.05) is 30.3 Å². The molecule has 0 aliphatic rings. The highest BCUT2D eigenvalue weighted by molar-refractivity contribution is 7.92. The van der Waals surface area contributed by atoms with E-state index in [4.69, 9.17) is 0 Å². The van der Waals surface area contributed by atoms with Crippen LogP contribution in [0.4, 0.5) is 5.69 Å². The van der Waals surface area contributed by atoms with Gasteiger partial charge in [-0.3, -0.25) is 9.10 Å². The van der Waals surface area contributed by atoms with Crippen LogP contribution in [-0.2, 0) is 10.0 Å². The Hall–Kier alpha value is -2.86. The van der Waals surface area contributed by atoms with E-state index in [1.165, 1.54) is 42.7 Å². The molecule has 0 saturated heterocycles. The minimum atomic E-state index is -3.71. The number of hydrogen-bond donors (Lipinski definition) is 1. The molecule has 0 spiro atoms. The van der Waals surface area contributed by atoms with Crippen molar-refractivity contribution in [2.45, 2.75) is 4.90 Å². The lowest BCUT2D eigenvalue weighted by Crippen LogP contribution is -2.26. The molecule has 1 amide bonds. The average molecular weight is 354 g/mol. The molecule has 5 nitrogen and oxygen atoms in total. The van der Waals surface area contributed by atoms with E-state index in [9.17, 15) is 13.2 Å². The van der Waals surface area contributed by atoms with E-state index < -0.39 is 10.0 Å². The Morgan fingerprint density at radius 1 is 0.920 bits per heavy atom. The summed E-state index contributed by atoms with van der Waals surface area (Å²) < 4.78 is 26.9. The molecule has 0 radical (unpaired) electrons. The second-order valence-corrected chi connectivity index (χ2v) is 7.58. The van der Waals surface area contributed by atoms with Gasteiger partial charge < -0.3 is 5.32 Å². The zero-order valence-electron chi connectivity index (χ0n) is 13.9. The van der Waals surface area contributed by atoms with Crippen LogP contribution in [0.2, 0.25) is 0 Å². The summed E-state index contributed by atoms with van der Waals surface area (Å²) in [5.41, 5.74) is 0.990. The second-order valence-electron chi connectivity index (χ2n) is 5.61. The molecule has 6 heteroatoms. The number of nitrogens with zero attached hydrogens (tertiary/aromatic N) is 1. The Balaban J connectivity index is 1.96. The molecule has 0 bridgehead atoms. The second kappa shape index (κ2) is 6.57. The average Bonchev–Trinajstić information content (AvgIpc) is 2.66. The monoisotopic (exact) mass is 354 g/mol. The van der Waals surface area contributed by atoms with Crippen molar-refractivity contribution in [1.29, 1.82) is 0 Å². The molecule has 0 aliphatic carbocycles. The van der Waals surface area contributed by atoms with Crippen LogP contribution >= 0.6 is 0 Å². The first-order chi connectivity index (χ1) is 11.9. The van der Waals surface area contributed by atoms with E-state index in [0.29, 0.717) is 11.3 Å².